The van der Waals surface area contributed by atoms with E-state index >= 15 is 0 Å². The Hall–Kier alpha value is -0.950. The summed E-state index contributed by atoms with van der Waals surface area (Å²) in [5.41, 5.74) is 0.980. The minimum Gasteiger partial charge on any atom is -0.303 e. The highest BCUT2D eigenvalue weighted by molar-refractivity contribution is 7.89. The van der Waals surface area contributed by atoms with Gasteiger partial charge in [0.1, 0.15) is 0 Å². The number of hydrogen-bond donors (Lipinski definition) is 2. The maximum absolute atomic E-state index is 12.2. The molecule has 5 nitrogen and oxygen atoms in total. The van der Waals surface area contributed by atoms with Gasteiger partial charge in [0, 0.05) is 0 Å². The molecule has 0 amide bonds. The van der Waals surface area contributed by atoms with Crippen molar-refractivity contribution in [2.24, 2.45) is 5.90 Å². The van der Waals surface area contributed by atoms with Crippen molar-refractivity contribution in [1.29, 1.82) is 0 Å². The lowest BCUT2D eigenvalue weighted by Crippen LogP contribution is -2.47. The summed E-state index contributed by atoms with van der Waals surface area (Å²) in [6.07, 6.45) is 0. The van der Waals surface area contributed by atoms with Crippen LogP contribution in [0.15, 0.2) is 23.1 Å². The lowest BCUT2D eigenvalue weighted by atomic mass is 10.1. The zero-order valence-corrected chi connectivity index (χ0v) is 12.0. The van der Waals surface area contributed by atoms with Crippen molar-refractivity contribution in [2.75, 3.05) is 6.61 Å². The summed E-state index contributed by atoms with van der Waals surface area (Å²) >= 11 is 0. The van der Waals surface area contributed by atoms with Gasteiger partial charge in [-0.05, 0) is 39.3 Å². The highest BCUT2D eigenvalue weighted by Crippen LogP contribution is 2.18. The van der Waals surface area contributed by atoms with E-state index in [1.165, 1.54) is 0 Å². The molecule has 1 rings (SSSR count). The second-order valence-corrected chi connectivity index (χ2v) is 6.72. The van der Waals surface area contributed by atoms with E-state index in [2.05, 4.69) is 9.56 Å². The van der Waals surface area contributed by atoms with Gasteiger partial charge >= 0.3 is 0 Å². The SMILES string of the molecule is Cc1ccc(S(=O)(=O)NC(C)(C)CON)c(C)c1. The molecule has 0 aliphatic rings. The van der Waals surface area contributed by atoms with Gasteiger partial charge in [-0.25, -0.2) is 19.0 Å². The fourth-order valence-electron chi connectivity index (χ4n) is 1.76. The molecule has 0 radical (unpaired) electrons. The van der Waals surface area contributed by atoms with E-state index < -0.39 is 15.6 Å². The molecule has 0 unspecified atom stereocenters. The highest BCUT2D eigenvalue weighted by atomic mass is 32.2. The summed E-state index contributed by atoms with van der Waals surface area (Å²) in [7, 11) is -3.57. The maximum atomic E-state index is 12.2. The van der Waals surface area contributed by atoms with Crippen LogP contribution in [0.2, 0.25) is 0 Å². The number of sulfonamides is 1. The summed E-state index contributed by atoms with van der Waals surface area (Å²) in [5.74, 6) is 4.99. The maximum Gasteiger partial charge on any atom is 0.241 e. The van der Waals surface area contributed by atoms with Crippen molar-refractivity contribution < 1.29 is 13.3 Å². The molecule has 1 aromatic carbocycles. The summed E-state index contributed by atoms with van der Waals surface area (Å²) in [6.45, 7) is 7.20. The third-order valence-corrected chi connectivity index (χ3v) is 4.33. The van der Waals surface area contributed by atoms with Crippen LogP contribution in [-0.2, 0) is 14.9 Å². The van der Waals surface area contributed by atoms with E-state index in [0.29, 0.717) is 5.56 Å². The van der Waals surface area contributed by atoms with Gasteiger partial charge in [0.05, 0.1) is 17.0 Å². The second kappa shape index (κ2) is 5.36. The molecule has 0 heterocycles. The highest BCUT2D eigenvalue weighted by Gasteiger charge is 2.27. The molecule has 0 bridgehead atoms. The van der Waals surface area contributed by atoms with Crippen LogP contribution in [-0.4, -0.2) is 20.6 Å². The molecular weight excluding hydrogens is 252 g/mol. The van der Waals surface area contributed by atoms with E-state index in [9.17, 15) is 8.42 Å². The Morgan fingerprint density at radius 3 is 2.44 bits per heavy atom. The molecule has 0 atom stereocenters. The number of nitrogens with one attached hydrogen (secondary N) is 1. The quantitative estimate of drug-likeness (QED) is 0.790. The van der Waals surface area contributed by atoms with Crippen LogP contribution in [0, 0.1) is 13.8 Å². The zero-order chi connectivity index (χ0) is 14.0. The van der Waals surface area contributed by atoms with Crippen molar-refractivity contribution in [1.82, 2.24) is 4.72 Å². The van der Waals surface area contributed by atoms with E-state index in [-0.39, 0.29) is 11.5 Å². The van der Waals surface area contributed by atoms with Crippen LogP contribution >= 0.6 is 0 Å². The smallest absolute Gasteiger partial charge is 0.241 e. The average Bonchev–Trinajstić information content (AvgIpc) is 2.14. The van der Waals surface area contributed by atoms with Crippen LogP contribution < -0.4 is 10.6 Å². The van der Waals surface area contributed by atoms with Crippen LogP contribution in [0.5, 0.6) is 0 Å². The first-order valence-corrected chi connectivity index (χ1v) is 7.09. The predicted octanol–water partition coefficient (Wildman–Crippen LogP) is 1.25. The number of nitrogens with two attached hydrogens (primary N) is 1. The fourth-order valence-corrected chi connectivity index (χ4v) is 3.38. The van der Waals surface area contributed by atoms with Gasteiger partial charge in [-0.3, -0.25) is 0 Å². The lowest BCUT2D eigenvalue weighted by Gasteiger charge is -2.25. The monoisotopic (exact) mass is 272 g/mol. The van der Waals surface area contributed by atoms with Gasteiger partial charge in [0.15, 0.2) is 0 Å². The Bertz CT molecular complexity index is 524. The van der Waals surface area contributed by atoms with Gasteiger partial charge in [0.25, 0.3) is 0 Å². The topological polar surface area (TPSA) is 81.4 Å². The molecule has 0 saturated carbocycles. The Morgan fingerprint density at radius 1 is 1.33 bits per heavy atom. The first-order chi connectivity index (χ1) is 8.18. The fraction of sp³-hybridized carbons (Fsp3) is 0.500. The normalized spacial score (nSPS) is 12.7. The van der Waals surface area contributed by atoms with E-state index in [1.807, 2.05) is 13.0 Å². The Kier molecular flexibility index (Phi) is 4.50. The van der Waals surface area contributed by atoms with Crippen LogP contribution in [0.3, 0.4) is 0 Å². The molecule has 18 heavy (non-hydrogen) atoms. The summed E-state index contributed by atoms with van der Waals surface area (Å²) < 4.78 is 27.1. The van der Waals surface area contributed by atoms with Crippen molar-refractivity contribution in [3.63, 3.8) is 0 Å². The molecule has 102 valence electrons. The van der Waals surface area contributed by atoms with Gasteiger partial charge in [-0.2, -0.15) is 0 Å². The lowest BCUT2D eigenvalue weighted by molar-refractivity contribution is 0.0929. The largest absolute Gasteiger partial charge is 0.303 e. The average molecular weight is 272 g/mol. The minimum atomic E-state index is -3.57. The van der Waals surface area contributed by atoms with E-state index in [1.54, 1.807) is 32.9 Å². The molecule has 0 aliphatic carbocycles. The number of rotatable bonds is 5. The van der Waals surface area contributed by atoms with Crippen LogP contribution in [0.1, 0.15) is 25.0 Å². The molecule has 0 aromatic heterocycles. The molecule has 6 heteroatoms. The first kappa shape index (κ1) is 15.1. The number of aryl methyl sites for hydroxylation is 2. The molecular formula is C12H20N2O3S. The Morgan fingerprint density at radius 2 is 1.94 bits per heavy atom. The van der Waals surface area contributed by atoms with Crippen LogP contribution in [0.4, 0.5) is 0 Å². The zero-order valence-electron chi connectivity index (χ0n) is 11.1. The minimum absolute atomic E-state index is 0.0944. The standard InChI is InChI=1S/C12H20N2O3S/c1-9-5-6-11(10(2)7-9)18(15,16)14-12(3,4)8-17-13/h5-7,14H,8,13H2,1-4H3. The summed E-state index contributed by atoms with van der Waals surface area (Å²) in [5, 5.41) is 0. The molecule has 0 aliphatic heterocycles. The van der Waals surface area contributed by atoms with E-state index in [0.717, 1.165) is 5.56 Å². The molecule has 0 spiro atoms. The van der Waals surface area contributed by atoms with Crippen molar-refractivity contribution in [3.05, 3.63) is 29.3 Å². The van der Waals surface area contributed by atoms with Gasteiger partial charge in [-0.15, -0.1) is 0 Å². The van der Waals surface area contributed by atoms with Crippen molar-refractivity contribution in [3.8, 4) is 0 Å². The van der Waals surface area contributed by atoms with Gasteiger partial charge in [0.2, 0.25) is 10.0 Å². The Balaban J connectivity index is 3.07. The van der Waals surface area contributed by atoms with Crippen molar-refractivity contribution >= 4 is 10.0 Å². The first-order valence-electron chi connectivity index (χ1n) is 5.61. The third kappa shape index (κ3) is 3.78. The van der Waals surface area contributed by atoms with E-state index in [4.69, 9.17) is 5.90 Å². The van der Waals surface area contributed by atoms with Crippen molar-refractivity contribution in [2.45, 2.75) is 38.1 Å². The third-order valence-electron chi connectivity index (χ3n) is 2.47. The van der Waals surface area contributed by atoms with Crippen LogP contribution in [0.25, 0.3) is 0 Å². The predicted molar refractivity (Wildman–Crippen MR) is 70.5 cm³/mol. The van der Waals surface area contributed by atoms with Gasteiger partial charge in [-0.1, -0.05) is 17.7 Å². The summed E-state index contributed by atoms with van der Waals surface area (Å²) in [6, 6.07) is 5.21. The molecule has 1 aromatic rings. The molecule has 0 fully saturated rings. The second-order valence-electron chi connectivity index (χ2n) is 5.07. The number of benzene rings is 1. The molecule has 0 saturated heterocycles. The Labute approximate surface area is 108 Å². The number of hydrogen-bond acceptors (Lipinski definition) is 4. The molecule has 3 N–H and O–H groups in total. The van der Waals surface area contributed by atoms with Gasteiger partial charge < -0.3 is 4.84 Å². The summed E-state index contributed by atoms with van der Waals surface area (Å²) in [4.78, 5) is 4.79.